The minimum atomic E-state index is -0.395. The molecule has 118 heavy (non-hydrogen) atoms. The van der Waals surface area contributed by atoms with Crippen LogP contribution in [0.2, 0.25) is 0 Å². The zero-order valence-electron chi connectivity index (χ0n) is 69.3. The predicted molar refractivity (Wildman–Crippen MR) is 510 cm³/mol. The Balaban J connectivity index is 0.000000109. The first-order chi connectivity index (χ1) is 60.6. The molecule has 0 N–H and O–H groups in total. The summed E-state index contributed by atoms with van der Waals surface area (Å²) in [6.45, 7) is 0. The van der Waals surface area contributed by atoms with Crippen LogP contribution in [-0.2, 0) is 0 Å². The Hall–Kier alpha value is -15.3. The number of rotatable bonds is 8. The maximum atomic E-state index is 8.90. The van der Waals surface area contributed by atoms with E-state index < -0.39 is 6.04 Å². The number of fused-ring (bicyclic) bond motifs is 8. The van der Waals surface area contributed by atoms with Gasteiger partial charge in [-0.1, -0.05) is 418 Å². The van der Waals surface area contributed by atoms with E-state index in [9.17, 15) is 0 Å². The van der Waals surface area contributed by atoms with Crippen LogP contribution in [0.3, 0.4) is 0 Å². The third-order valence-electron chi connectivity index (χ3n) is 24.7. The molecule has 25 rings (SSSR count). The smallest absolute Gasteiger partial charge is 0.0622 e. The summed E-state index contributed by atoms with van der Waals surface area (Å²) >= 11 is 0. The summed E-state index contributed by atoms with van der Waals surface area (Å²) in [5, 5.41) is 34.7. The Labute approximate surface area is 691 Å². The molecule has 0 atom stereocenters. The van der Waals surface area contributed by atoms with Crippen molar-refractivity contribution < 1.29 is 6.85 Å². The summed E-state index contributed by atoms with van der Waals surface area (Å²) in [4.78, 5) is 0. The monoisotopic (exact) mass is 1500 g/mol. The average molecular weight is 1500 g/mol. The molecule has 0 spiro atoms. The second kappa shape index (κ2) is 28.3. The van der Waals surface area contributed by atoms with Gasteiger partial charge in [0.05, 0.1) is 6.85 Å². The minimum absolute atomic E-state index is 0.199. The Kier molecular flexibility index (Phi) is 15.2. The van der Waals surface area contributed by atoms with Gasteiger partial charge in [-0.05, 0) is 270 Å². The van der Waals surface area contributed by atoms with Gasteiger partial charge in [0.25, 0.3) is 0 Å². The quantitative estimate of drug-likeness (QED) is 0.105. The van der Waals surface area contributed by atoms with E-state index in [0.29, 0.717) is 5.56 Å². The molecule has 0 nitrogen and oxygen atoms in total. The third-order valence-corrected chi connectivity index (χ3v) is 24.7. The SMILES string of the molecule is [2H]c1c([2H])c([2H])c(-c2cc(-c3ccc4ccc5cccc6ccc3c4c56)cc(-c3ccc4ccc5cccc6ccc3c4c56)c2)c([2H])c1[2H].c1ccc2cc(-c3c4ccccc4c(-c4cccc5ccccc45)c4ccccc34)ccc2c1.c1ccc2cc(-c3ccc(-c4c5ccccc5c(-c5cccc6ccccc56)c5ccccc45)cc3)ccc2c1. The lowest BCUT2D eigenvalue weighted by molar-refractivity contribution is 1.59. The van der Waals surface area contributed by atoms with Crippen molar-refractivity contribution in [1.82, 2.24) is 0 Å². The zero-order valence-corrected chi connectivity index (χ0v) is 64.3. The predicted octanol–water partition coefficient (Wildman–Crippen LogP) is 33.4. The summed E-state index contributed by atoms with van der Waals surface area (Å²) in [7, 11) is 0. The molecule has 25 aromatic rings. The van der Waals surface area contributed by atoms with Gasteiger partial charge in [0.15, 0.2) is 0 Å². The largest absolute Gasteiger partial charge is 0.0629 e. The molecule has 0 heteroatoms. The summed E-state index contributed by atoms with van der Waals surface area (Å²) in [5.74, 6) is 0. The molecule has 546 valence electrons. The van der Waals surface area contributed by atoms with Gasteiger partial charge in [0.2, 0.25) is 0 Å². The van der Waals surface area contributed by atoms with Crippen molar-refractivity contribution >= 4 is 151 Å². The van der Waals surface area contributed by atoms with Crippen LogP contribution in [0.15, 0.2) is 449 Å². The van der Waals surface area contributed by atoms with Gasteiger partial charge in [-0.25, -0.2) is 0 Å². The van der Waals surface area contributed by atoms with Crippen molar-refractivity contribution in [3.63, 3.8) is 0 Å². The number of hydrogen-bond acceptors (Lipinski definition) is 0. The molecule has 0 amide bonds. The highest BCUT2D eigenvalue weighted by Gasteiger charge is 2.23. The lowest BCUT2D eigenvalue weighted by Crippen LogP contribution is -1.91. The van der Waals surface area contributed by atoms with Crippen molar-refractivity contribution in [3.05, 3.63) is 449 Å². The third kappa shape index (κ3) is 11.5. The van der Waals surface area contributed by atoms with E-state index >= 15 is 0 Å². The molecule has 25 aromatic carbocycles. The van der Waals surface area contributed by atoms with Crippen molar-refractivity contribution in [2.45, 2.75) is 0 Å². The summed E-state index contributed by atoms with van der Waals surface area (Å²) in [5.41, 5.74) is 17.4. The fraction of sp³-hybridized carbons (Fsp3) is 0. The van der Waals surface area contributed by atoms with E-state index in [-0.39, 0.29) is 29.7 Å². The molecule has 0 aliphatic rings. The van der Waals surface area contributed by atoms with Crippen LogP contribution in [0.4, 0.5) is 0 Å². The first kappa shape index (κ1) is 63.1. The van der Waals surface area contributed by atoms with E-state index in [2.05, 4.69) is 406 Å². The highest BCUT2D eigenvalue weighted by molar-refractivity contribution is 6.29. The molecule has 0 fully saturated rings. The van der Waals surface area contributed by atoms with Gasteiger partial charge in [-0.15, -0.1) is 0 Å². The fourth-order valence-corrected chi connectivity index (χ4v) is 19.3. The normalized spacial score (nSPS) is 12.3. The van der Waals surface area contributed by atoms with Crippen LogP contribution < -0.4 is 0 Å². The van der Waals surface area contributed by atoms with Crippen molar-refractivity contribution in [2.75, 3.05) is 0 Å². The Morgan fingerprint density at radius 1 is 0.127 bits per heavy atom. The molecule has 0 aliphatic carbocycles. The van der Waals surface area contributed by atoms with Crippen LogP contribution in [-0.4, -0.2) is 0 Å². The first-order valence-electron chi connectivity index (χ1n) is 43.1. The molecular weight excluding hydrogens is 1420 g/mol. The highest BCUT2D eigenvalue weighted by atomic mass is 14.3. The second-order valence-electron chi connectivity index (χ2n) is 31.2. The van der Waals surface area contributed by atoms with Crippen molar-refractivity contribution in [1.29, 1.82) is 0 Å². The van der Waals surface area contributed by atoms with Crippen molar-refractivity contribution in [2.24, 2.45) is 0 Å². The molecule has 0 heterocycles. The standard InChI is InChI=1S/C44H26.C40H26.C34H22/c1-2-6-27(7-3-1)34-24-35(37-20-16-32-14-12-28-8-4-10-30-18-22-39(37)43(32)41(28)30)26-36(25-34)38-21-17-33-15-13-29-9-5-11-31-19-23-40(38)44(33)42(29)31;1-2-12-31-26-32(25-22-27(31)10-1)28-20-23-30(24-21-28)39-35-15-5-7-17-37(35)40(38-18-8-6-16-36(38)39)34-19-9-13-29-11-3-4-14-33(29)34;1-2-12-25-22-26(21-20-23(25)10-1)33-29-15-5-7-17-31(29)34(32-18-8-6-16-30(32)33)28-19-9-13-24-11-3-4-14-27(24)28/h1-26H;1-26H;1-22H/i1D,2D,3D,6D,7D;;. The number of hydrogen-bond donors (Lipinski definition) is 0. The Morgan fingerprint density at radius 2 is 0.415 bits per heavy atom. The van der Waals surface area contributed by atoms with E-state index in [1.165, 1.54) is 185 Å². The molecule has 0 saturated carbocycles. The molecular formula is C118H74. The summed E-state index contributed by atoms with van der Waals surface area (Å²) < 4.78 is 43.0. The Bertz CT molecular complexity index is 8290. The maximum absolute atomic E-state index is 8.90. The van der Waals surface area contributed by atoms with Gasteiger partial charge in [-0.2, -0.15) is 0 Å². The molecule has 0 radical (unpaired) electrons. The van der Waals surface area contributed by atoms with E-state index in [4.69, 9.17) is 6.85 Å². The van der Waals surface area contributed by atoms with Crippen LogP contribution >= 0.6 is 0 Å². The maximum Gasteiger partial charge on any atom is 0.0629 e. The molecule has 0 bridgehead atoms. The summed E-state index contributed by atoms with van der Waals surface area (Å²) in [6.07, 6.45) is 0. The van der Waals surface area contributed by atoms with Crippen LogP contribution in [0.25, 0.3) is 240 Å². The van der Waals surface area contributed by atoms with Gasteiger partial charge < -0.3 is 0 Å². The fourth-order valence-electron chi connectivity index (χ4n) is 19.3. The van der Waals surface area contributed by atoms with Gasteiger partial charge >= 0.3 is 0 Å². The molecule has 0 aliphatic heterocycles. The lowest BCUT2D eigenvalue weighted by Gasteiger charge is -2.19. The lowest BCUT2D eigenvalue weighted by atomic mass is 9.84. The zero-order chi connectivity index (χ0) is 82.1. The molecule has 0 saturated heterocycles. The van der Waals surface area contributed by atoms with Crippen LogP contribution in [0, 0.1) is 0 Å². The average Bonchev–Trinajstić information content (AvgIpc) is 0.738. The van der Waals surface area contributed by atoms with Crippen molar-refractivity contribution in [3.8, 4) is 89.0 Å². The van der Waals surface area contributed by atoms with Gasteiger partial charge in [-0.3, -0.25) is 0 Å². The van der Waals surface area contributed by atoms with Gasteiger partial charge in [0, 0.05) is 0 Å². The molecule has 0 aromatic heterocycles. The second-order valence-corrected chi connectivity index (χ2v) is 31.2. The topological polar surface area (TPSA) is 0 Å². The Morgan fingerprint density at radius 3 is 0.856 bits per heavy atom. The summed E-state index contributed by atoms with van der Waals surface area (Å²) in [6, 6.07) is 150. The van der Waals surface area contributed by atoms with Crippen LogP contribution in [0.1, 0.15) is 6.85 Å². The van der Waals surface area contributed by atoms with Crippen LogP contribution in [0.5, 0.6) is 0 Å². The van der Waals surface area contributed by atoms with E-state index in [1.54, 1.807) is 0 Å². The first-order valence-corrected chi connectivity index (χ1v) is 40.6. The number of benzene rings is 25. The van der Waals surface area contributed by atoms with Gasteiger partial charge in [0.1, 0.15) is 0 Å². The minimum Gasteiger partial charge on any atom is -0.0622 e. The highest BCUT2D eigenvalue weighted by Crippen LogP contribution is 2.50. The molecule has 0 unspecified atom stereocenters. The van der Waals surface area contributed by atoms with E-state index in [0.717, 1.165) is 43.8 Å². The van der Waals surface area contributed by atoms with E-state index in [1.807, 2.05) is 12.1 Å².